The van der Waals surface area contributed by atoms with Crippen LogP contribution >= 0.6 is 0 Å². The summed E-state index contributed by atoms with van der Waals surface area (Å²) in [5, 5.41) is 0. The fraction of sp³-hybridized carbons (Fsp3) is 0.414. The maximum atomic E-state index is 13.0. The maximum Gasteiger partial charge on any atom is 0.338 e. The van der Waals surface area contributed by atoms with E-state index in [0.717, 1.165) is 11.6 Å². The highest BCUT2D eigenvalue weighted by Gasteiger charge is 2.49. The van der Waals surface area contributed by atoms with E-state index in [0.29, 0.717) is 11.3 Å². The quantitative estimate of drug-likeness (QED) is 0.224. The van der Waals surface area contributed by atoms with Gasteiger partial charge in [-0.1, -0.05) is 30.3 Å². The molecular weight excluding hydrogens is 508 g/mol. The standard InChI is InChI=1S/C29H34O10/c1-6-35-28(32)22(16-24(30)34-5)25(36-17-19-12-14-21(33-4)15-13-19)26-23(38-29(2,3)39-26)18-37-27(31)20-10-8-7-9-11-20/h7-16,23,25-26H,6,17-18H2,1-5H3/b22-16-/t23-,25+,26+/m0/s1. The van der Waals surface area contributed by atoms with Crippen LogP contribution < -0.4 is 4.74 Å². The first-order valence-corrected chi connectivity index (χ1v) is 12.5. The molecule has 0 N–H and O–H groups in total. The van der Waals surface area contributed by atoms with Gasteiger partial charge >= 0.3 is 17.9 Å². The summed E-state index contributed by atoms with van der Waals surface area (Å²) in [5.41, 5.74) is 1.02. The molecular formula is C29H34O10. The van der Waals surface area contributed by atoms with Crippen LogP contribution in [-0.2, 0) is 44.6 Å². The molecule has 210 valence electrons. The Labute approximate surface area is 227 Å². The third-order valence-corrected chi connectivity index (χ3v) is 5.79. The molecule has 1 saturated heterocycles. The first kappa shape index (κ1) is 29.8. The van der Waals surface area contributed by atoms with Crippen LogP contribution in [0.3, 0.4) is 0 Å². The molecule has 0 bridgehead atoms. The van der Waals surface area contributed by atoms with Gasteiger partial charge in [-0.15, -0.1) is 0 Å². The molecule has 1 aliphatic rings. The summed E-state index contributed by atoms with van der Waals surface area (Å²) in [6.07, 6.45) is -1.93. The van der Waals surface area contributed by atoms with Gasteiger partial charge in [0.15, 0.2) is 5.79 Å². The average Bonchev–Trinajstić information content (AvgIpc) is 3.25. The predicted octanol–water partition coefficient (Wildman–Crippen LogP) is 3.62. The van der Waals surface area contributed by atoms with Gasteiger partial charge in [-0.05, 0) is 50.6 Å². The van der Waals surface area contributed by atoms with Crippen LogP contribution in [0, 0.1) is 0 Å². The molecule has 10 nitrogen and oxygen atoms in total. The van der Waals surface area contributed by atoms with Crippen LogP contribution in [0.25, 0.3) is 0 Å². The lowest BCUT2D eigenvalue weighted by molar-refractivity contribution is -0.161. The van der Waals surface area contributed by atoms with Gasteiger partial charge in [0.2, 0.25) is 0 Å². The van der Waals surface area contributed by atoms with Gasteiger partial charge < -0.3 is 33.2 Å². The minimum Gasteiger partial charge on any atom is -0.497 e. The Morgan fingerprint density at radius 1 is 0.974 bits per heavy atom. The van der Waals surface area contributed by atoms with Crippen LogP contribution in [0.4, 0.5) is 0 Å². The molecule has 2 aromatic carbocycles. The highest BCUT2D eigenvalue weighted by molar-refractivity contribution is 5.97. The van der Waals surface area contributed by atoms with Crippen LogP contribution in [0.1, 0.15) is 36.7 Å². The lowest BCUT2D eigenvalue weighted by Crippen LogP contribution is -2.43. The second-order valence-corrected chi connectivity index (χ2v) is 9.03. The summed E-state index contributed by atoms with van der Waals surface area (Å²) in [4.78, 5) is 37.9. The minimum atomic E-state index is -1.15. The third-order valence-electron chi connectivity index (χ3n) is 5.79. The molecule has 39 heavy (non-hydrogen) atoms. The van der Waals surface area contributed by atoms with E-state index in [1.807, 2.05) is 0 Å². The summed E-state index contributed by atoms with van der Waals surface area (Å²) < 4.78 is 39.1. The number of ether oxygens (including phenoxy) is 7. The van der Waals surface area contributed by atoms with Crippen LogP contribution in [-0.4, -0.2) is 69.4 Å². The molecule has 2 aromatic rings. The lowest BCUT2D eigenvalue weighted by atomic mass is 9.99. The average molecular weight is 543 g/mol. The topological polar surface area (TPSA) is 116 Å². The first-order chi connectivity index (χ1) is 18.7. The molecule has 10 heteroatoms. The molecule has 3 atom stereocenters. The molecule has 0 spiro atoms. The van der Waals surface area contributed by atoms with Crippen molar-refractivity contribution in [2.45, 2.75) is 51.5 Å². The van der Waals surface area contributed by atoms with Gasteiger partial charge in [-0.25, -0.2) is 14.4 Å². The molecule has 0 radical (unpaired) electrons. The summed E-state index contributed by atoms with van der Waals surface area (Å²) in [5.74, 6) is -2.55. The molecule has 0 aromatic heterocycles. The monoisotopic (exact) mass is 542 g/mol. The number of hydrogen-bond donors (Lipinski definition) is 0. The molecule has 1 fully saturated rings. The Bertz CT molecular complexity index is 1140. The number of benzene rings is 2. The predicted molar refractivity (Wildman–Crippen MR) is 139 cm³/mol. The Kier molecular flexibility index (Phi) is 10.6. The van der Waals surface area contributed by atoms with E-state index in [2.05, 4.69) is 0 Å². The Hall–Kier alpha value is -3.73. The first-order valence-electron chi connectivity index (χ1n) is 12.5. The fourth-order valence-corrected chi connectivity index (χ4v) is 3.99. The number of rotatable bonds is 12. The molecule has 0 amide bonds. The zero-order valence-corrected chi connectivity index (χ0v) is 22.7. The largest absolute Gasteiger partial charge is 0.497 e. The van der Waals surface area contributed by atoms with Crippen LogP contribution in [0.5, 0.6) is 5.75 Å². The van der Waals surface area contributed by atoms with Crippen molar-refractivity contribution in [3.63, 3.8) is 0 Å². The molecule has 1 aliphatic heterocycles. The van der Waals surface area contributed by atoms with Crippen molar-refractivity contribution in [3.8, 4) is 5.75 Å². The zero-order chi connectivity index (χ0) is 28.4. The zero-order valence-electron chi connectivity index (χ0n) is 22.7. The normalized spacial score (nSPS) is 19.2. The van der Waals surface area contributed by atoms with Crippen molar-refractivity contribution in [3.05, 3.63) is 77.4 Å². The number of esters is 3. The van der Waals surface area contributed by atoms with E-state index in [-0.39, 0.29) is 25.4 Å². The van der Waals surface area contributed by atoms with E-state index >= 15 is 0 Å². The SMILES string of the molecule is CCOC(=O)/C(=C\C(=O)OC)[C@@H](OCc1ccc(OC)cc1)[C@@H]1OC(C)(C)O[C@H]1COC(=O)c1ccccc1. The van der Waals surface area contributed by atoms with Crippen molar-refractivity contribution in [2.24, 2.45) is 0 Å². The molecule has 3 rings (SSSR count). The molecule has 0 saturated carbocycles. The van der Waals surface area contributed by atoms with Gasteiger partial charge in [-0.2, -0.15) is 0 Å². The van der Waals surface area contributed by atoms with Crippen LogP contribution in [0.15, 0.2) is 66.2 Å². The highest BCUT2D eigenvalue weighted by atomic mass is 16.8. The number of methoxy groups -OCH3 is 2. The van der Waals surface area contributed by atoms with Crippen molar-refractivity contribution < 1.29 is 47.5 Å². The molecule has 0 unspecified atom stereocenters. The smallest absolute Gasteiger partial charge is 0.338 e. The lowest BCUT2D eigenvalue weighted by Gasteiger charge is -2.28. The van der Waals surface area contributed by atoms with Crippen molar-refractivity contribution >= 4 is 17.9 Å². The maximum absolute atomic E-state index is 13.0. The van der Waals surface area contributed by atoms with Gasteiger partial charge in [0.25, 0.3) is 0 Å². The highest BCUT2D eigenvalue weighted by Crippen LogP contribution is 2.34. The molecule has 0 aliphatic carbocycles. The van der Waals surface area contributed by atoms with E-state index in [4.69, 9.17) is 33.2 Å². The number of carbonyl (C=O) groups is 3. The van der Waals surface area contributed by atoms with Crippen molar-refractivity contribution in [1.29, 1.82) is 0 Å². The van der Waals surface area contributed by atoms with E-state index in [1.165, 1.54) is 7.11 Å². The summed E-state index contributed by atoms with van der Waals surface area (Å²) >= 11 is 0. The van der Waals surface area contributed by atoms with Gasteiger partial charge in [0.1, 0.15) is 30.7 Å². The Morgan fingerprint density at radius 2 is 1.67 bits per heavy atom. The van der Waals surface area contributed by atoms with Gasteiger partial charge in [0, 0.05) is 6.08 Å². The van der Waals surface area contributed by atoms with E-state index < -0.39 is 42.0 Å². The second-order valence-electron chi connectivity index (χ2n) is 9.03. The van der Waals surface area contributed by atoms with Gasteiger partial charge in [-0.3, -0.25) is 0 Å². The van der Waals surface area contributed by atoms with Gasteiger partial charge in [0.05, 0.1) is 38.6 Å². The number of hydrogen-bond acceptors (Lipinski definition) is 10. The summed E-state index contributed by atoms with van der Waals surface area (Å²) in [6.45, 7) is 4.93. The summed E-state index contributed by atoms with van der Waals surface area (Å²) in [7, 11) is 2.76. The fourth-order valence-electron chi connectivity index (χ4n) is 3.99. The van der Waals surface area contributed by atoms with Crippen LogP contribution in [0.2, 0.25) is 0 Å². The third kappa shape index (κ3) is 8.38. The van der Waals surface area contributed by atoms with E-state index in [1.54, 1.807) is 82.5 Å². The minimum absolute atomic E-state index is 0.0450. The number of carbonyl (C=O) groups excluding carboxylic acids is 3. The molecule has 1 heterocycles. The van der Waals surface area contributed by atoms with Crippen molar-refractivity contribution in [1.82, 2.24) is 0 Å². The second kappa shape index (κ2) is 13.9. The Morgan fingerprint density at radius 3 is 2.28 bits per heavy atom. The van der Waals surface area contributed by atoms with E-state index in [9.17, 15) is 14.4 Å². The Balaban J connectivity index is 1.92. The summed E-state index contributed by atoms with van der Waals surface area (Å²) in [6, 6.07) is 15.7. The van der Waals surface area contributed by atoms with Crippen molar-refractivity contribution in [2.75, 3.05) is 27.4 Å².